The molecule has 1 amide bonds. The van der Waals surface area contributed by atoms with E-state index in [-0.39, 0.29) is 29.0 Å². The van der Waals surface area contributed by atoms with Crippen LogP contribution in [0.4, 0.5) is 31.1 Å². The number of aryl methyl sites for hydroxylation is 2. The first-order chi connectivity index (χ1) is 22.6. The van der Waals surface area contributed by atoms with Gasteiger partial charge in [-0.3, -0.25) is 9.78 Å². The lowest BCUT2D eigenvalue weighted by Crippen LogP contribution is -2.31. The Kier molecular flexibility index (Phi) is 8.42. The summed E-state index contributed by atoms with van der Waals surface area (Å²) in [5, 5.41) is 8.36. The number of carboxylic acids is 1. The molecule has 0 aliphatic carbocycles. The highest BCUT2D eigenvalue weighted by Gasteiger charge is 2.50. The van der Waals surface area contributed by atoms with Crippen molar-refractivity contribution in [3.8, 4) is 28.1 Å². The highest BCUT2D eigenvalue weighted by molar-refractivity contribution is 8.14. The van der Waals surface area contributed by atoms with E-state index < -0.39 is 52.2 Å². The molecule has 4 heterocycles. The molecule has 7 nitrogen and oxygen atoms in total. The SMILES string of the molecule is COc1ncc(-c2c(C)cc(C(=O)O)cc2C)cc1-c1ccc(C(F)(F)F)cc1[C@@H]1CCC2C(c3ccnc(C(F)(F)F)c3)SC(=O)N21. The summed E-state index contributed by atoms with van der Waals surface area (Å²) >= 11 is 0.844. The van der Waals surface area contributed by atoms with Gasteiger partial charge in [0.1, 0.15) is 5.69 Å². The van der Waals surface area contributed by atoms with E-state index in [4.69, 9.17) is 4.74 Å². The van der Waals surface area contributed by atoms with Crippen LogP contribution in [0.15, 0.2) is 60.9 Å². The fourth-order valence-electron chi connectivity index (χ4n) is 6.77. The van der Waals surface area contributed by atoms with Crippen LogP contribution < -0.4 is 4.74 Å². The lowest BCUT2D eigenvalue weighted by atomic mass is 9.89. The lowest BCUT2D eigenvalue weighted by Gasteiger charge is -2.28. The van der Waals surface area contributed by atoms with Gasteiger partial charge >= 0.3 is 18.3 Å². The molecule has 2 saturated heterocycles. The number of fused-ring (bicyclic) bond motifs is 1. The number of amides is 1. The average molecular weight is 688 g/mol. The number of aromatic nitrogens is 2. The van der Waals surface area contributed by atoms with Crippen molar-refractivity contribution in [3.63, 3.8) is 0 Å². The third kappa shape index (κ3) is 5.97. The fourth-order valence-corrected chi connectivity index (χ4v) is 8.08. The first-order valence-corrected chi connectivity index (χ1v) is 15.6. The van der Waals surface area contributed by atoms with Crippen LogP contribution in [0.2, 0.25) is 0 Å². The Balaban J connectivity index is 1.47. The van der Waals surface area contributed by atoms with Crippen LogP contribution in [0.5, 0.6) is 5.88 Å². The highest BCUT2D eigenvalue weighted by Crippen LogP contribution is 2.55. The molecule has 2 aromatic heterocycles. The van der Waals surface area contributed by atoms with Crippen LogP contribution in [0.3, 0.4) is 0 Å². The minimum atomic E-state index is -4.70. The number of ether oxygens (including phenoxy) is 1. The van der Waals surface area contributed by atoms with Gasteiger partial charge in [0.2, 0.25) is 5.88 Å². The van der Waals surface area contributed by atoms with Crippen molar-refractivity contribution in [2.24, 2.45) is 0 Å². The lowest BCUT2D eigenvalue weighted by molar-refractivity contribution is -0.141. The maximum absolute atomic E-state index is 14.1. The molecule has 6 rings (SSSR count). The summed E-state index contributed by atoms with van der Waals surface area (Å²) in [5.41, 5.74) is 1.76. The Bertz CT molecular complexity index is 1920. The van der Waals surface area contributed by atoms with E-state index in [2.05, 4.69) is 9.97 Å². The number of alkyl halides is 6. The van der Waals surface area contributed by atoms with Crippen LogP contribution >= 0.6 is 11.8 Å². The quantitative estimate of drug-likeness (QED) is 0.202. The number of carbonyl (C=O) groups excluding carboxylic acids is 1. The third-order valence-electron chi connectivity index (χ3n) is 8.76. The monoisotopic (exact) mass is 687 g/mol. The number of hydrogen-bond acceptors (Lipinski definition) is 6. The summed E-state index contributed by atoms with van der Waals surface area (Å²) in [6, 6.07) is 8.93. The zero-order valence-electron chi connectivity index (χ0n) is 25.6. The average Bonchev–Trinajstić information content (AvgIpc) is 3.60. The molecule has 0 spiro atoms. The number of pyridine rings is 2. The fraction of sp³-hybridized carbons (Fsp3) is 0.294. The van der Waals surface area contributed by atoms with Crippen LogP contribution in [0.25, 0.3) is 22.3 Å². The van der Waals surface area contributed by atoms with Gasteiger partial charge in [0.25, 0.3) is 5.24 Å². The van der Waals surface area contributed by atoms with Crippen molar-refractivity contribution in [1.82, 2.24) is 14.9 Å². The van der Waals surface area contributed by atoms with Gasteiger partial charge in [-0.1, -0.05) is 17.8 Å². The Morgan fingerprint density at radius 3 is 2.27 bits per heavy atom. The van der Waals surface area contributed by atoms with Gasteiger partial charge in [-0.05, 0) is 103 Å². The van der Waals surface area contributed by atoms with Crippen LogP contribution in [-0.2, 0) is 12.4 Å². The van der Waals surface area contributed by atoms with Gasteiger partial charge in [-0.2, -0.15) is 26.3 Å². The molecule has 0 radical (unpaired) electrons. The topological polar surface area (TPSA) is 92.6 Å². The highest BCUT2D eigenvalue weighted by atomic mass is 32.2. The molecule has 3 atom stereocenters. The standard InChI is InChI=1S/C34H27F6N3O4S/c1-16-10-19(31(44)45)11-17(2)28(16)20-12-24(30(47-3)42-15-20)22-5-4-21(33(35,36)37)14-23(22)25-6-7-26-29(48-32(46)43(25)26)18-8-9-41-27(13-18)34(38,39)40/h4-5,8-15,25-26,29H,6-7H2,1-3H3,(H,44,45)/t25-,26?,29?/m0/s1. The van der Waals surface area contributed by atoms with E-state index >= 15 is 0 Å². The number of nitrogens with zero attached hydrogens (tertiary/aromatic N) is 3. The molecular formula is C34H27F6N3O4S. The third-order valence-corrected chi connectivity index (χ3v) is 10.0. The van der Waals surface area contributed by atoms with Crippen molar-refractivity contribution in [2.75, 3.05) is 7.11 Å². The minimum Gasteiger partial charge on any atom is -0.481 e. The molecule has 2 aromatic carbocycles. The summed E-state index contributed by atoms with van der Waals surface area (Å²) in [4.78, 5) is 34.4. The normalized spacial score (nSPS) is 19.5. The van der Waals surface area contributed by atoms with Crippen LogP contribution in [0.1, 0.15) is 68.0 Å². The van der Waals surface area contributed by atoms with Gasteiger partial charge < -0.3 is 14.7 Å². The Hall–Kier alpha value is -4.59. The Morgan fingerprint density at radius 2 is 1.65 bits per heavy atom. The molecule has 0 bridgehead atoms. The van der Waals surface area contributed by atoms with E-state index in [0.29, 0.717) is 39.8 Å². The zero-order valence-corrected chi connectivity index (χ0v) is 26.4. The van der Waals surface area contributed by atoms with Gasteiger partial charge in [-0.15, -0.1) is 0 Å². The molecule has 48 heavy (non-hydrogen) atoms. The Labute approximate surface area is 275 Å². The number of carboxylic acid groups (broad SMARTS) is 1. The van der Waals surface area contributed by atoms with Crippen molar-refractivity contribution in [2.45, 2.75) is 56.4 Å². The van der Waals surface area contributed by atoms with Crippen LogP contribution in [0, 0.1) is 13.8 Å². The second-order valence-electron chi connectivity index (χ2n) is 11.7. The number of halogens is 6. The number of rotatable bonds is 6. The number of carbonyl (C=O) groups is 2. The predicted molar refractivity (Wildman–Crippen MR) is 166 cm³/mol. The molecule has 14 heteroatoms. The van der Waals surface area contributed by atoms with E-state index in [1.807, 2.05) is 0 Å². The smallest absolute Gasteiger partial charge is 0.433 e. The molecule has 2 unspecified atom stereocenters. The number of thioether (sulfide) groups is 1. The molecule has 0 saturated carbocycles. The summed E-state index contributed by atoms with van der Waals surface area (Å²) in [7, 11) is 1.37. The largest absolute Gasteiger partial charge is 0.481 e. The number of hydrogen-bond donors (Lipinski definition) is 1. The van der Waals surface area contributed by atoms with Crippen molar-refractivity contribution in [1.29, 1.82) is 0 Å². The molecule has 2 aliphatic rings. The van der Waals surface area contributed by atoms with Crippen molar-refractivity contribution >= 4 is 23.0 Å². The first-order valence-electron chi connectivity index (χ1n) is 14.7. The van der Waals surface area contributed by atoms with Crippen molar-refractivity contribution < 1.29 is 45.8 Å². The predicted octanol–water partition coefficient (Wildman–Crippen LogP) is 9.29. The first kappa shape index (κ1) is 33.3. The zero-order chi connectivity index (χ0) is 34.7. The summed E-state index contributed by atoms with van der Waals surface area (Å²) < 4.78 is 88.2. The van der Waals surface area contributed by atoms with Crippen LogP contribution in [-0.4, -0.2) is 44.3 Å². The molecule has 1 N–H and O–H groups in total. The number of methoxy groups -OCH3 is 1. The molecule has 2 fully saturated rings. The molecule has 250 valence electrons. The van der Waals surface area contributed by atoms with Gasteiger partial charge in [0.05, 0.1) is 29.5 Å². The molecule has 4 aromatic rings. The maximum atomic E-state index is 14.1. The van der Waals surface area contributed by atoms with Gasteiger partial charge in [-0.25, -0.2) is 9.78 Å². The number of aromatic carboxylic acids is 1. The van der Waals surface area contributed by atoms with Gasteiger partial charge in [0, 0.05) is 29.6 Å². The minimum absolute atomic E-state index is 0.101. The van der Waals surface area contributed by atoms with Crippen molar-refractivity contribution in [3.05, 3.63) is 100.0 Å². The Morgan fingerprint density at radius 1 is 0.938 bits per heavy atom. The summed E-state index contributed by atoms with van der Waals surface area (Å²) in [6.07, 6.45) is -6.21. The molecular weight excluding hydrogens is 660 g/mol. The molecule has 2 aliphatic heterocycles. The van der Waals surface area contributed by atoms with E-state index in [1.54, 1.807) is 19.9 Å². The van der Waals surface area contributed by atoms with Gasteiger partial charge in [0.15, 0.2) is 0 Å². The second kappa shape index (κ2) is 12.1. The van der Waals surface area contributed by atoms with E-state index in [1.165, 1.54) is 42.5 Å². The maximum Gasteiger partial charge on any atom is 0.433 e. The van der Waals surface area contributed by atoms with E-state index in [0.717, 1.165) is 36.2 Å². The second-order valence-corrected chi connectivity index (χ2v) is 12.8. The summed E-state index contributed by atoms with van der Waals surface area (Å²) in [5.74, 6) is -0.977. The number of benzene rings is 2. The van der Waals surface area contributed by atoms with E-state index in [9.17, 15) is 41.0 Å². The summed E-state index contributed by atoms with van der Waals surface area (Å²) in [6.45, 7) is 3.49.